The topological polar surface area (TPSA) is 78.7 Å². The molecule has 3 atom stereocenters. The van der Waals surface area contributed by atoms with Gasteiger partial charge in [-0.3, -0.25) is 4.21 Å². The zero-order valence-electron chi connectivity index (χ0n) is 11.0. The van der Waals surface area contributed by atoms with Crippen LogP contribution < -0.4 is 5.32 Å². The van der Waals surface area contributed by atoms with Crippen LogP contribution in [-0.4, -0.2) is 31.5 Å². The van der Waals surface area contributed by atoms with Crippen LogP contribution in [0, 0.1) is 11.3 Å². The van der Waals surface area contributed by atoms with Gasteiger partial charge in [-0.15, -0.1) is 10.2 Å². The van der Waals surface area contributed by atoms with E-state index in [1.807, 2.05) is 13.0 Å². The molecule has 0 bridgehead atoms. The van der Waals surface area contributed by atoms with E-state index in [0.29, 0.717) is 22.8 Å². The van der Waals surface area contributed by atoms with Crippen LogP contribution in [0.4, 0.5) is 5.82 Å². The maximum atomic E-state index is 11.9. The number of rotatable bonds is 4. The molecule has 0 saturated heterocycles. The van der Waals surface area contributed by atoms with Gasteiger partial charge in [-0.1, -0.05) is 13.3 Å². The van der Waals surface area contributed by atoms with Crippen molar-refractivity contribution in [3.05, 3.63) is 17.8 Å². The molecule has 0 aliphatic heterocycles. The highest BCUT2D eigenvalue weighted by Crippen LogP contribution is 2.25. The lowest BCUT2D eigenvalue weighted by Gasteiger charge is -2.29. The molecule has 2 rings (SSSR count). The fourth-order valence-electron chi connectivity index (χ4n) is 2.43. The Hall–Kier alpha value is -1.48. The minimum Gasteiger partial charge on any atom is -0.366 e. The molecule has 5 nitrogen and oxygen atoms in total. The average molecular weight is 278 g/mol. The Bertz CT molecular complexity index is 482. The van der Waals surface area contributed by atoms with Crippen LogP contribution in [0.15, 0.2) is 12.1 Å². The molecule has 6 heteroatoms. The summed E-state index contributed by atoms with van der Waals surface area (Å²) < 4.78 is 11.9. The van der Waals surface area contributed by atoms with E-state index >= 15 is 0 Å². The number of hydrogen-bond donors (Lipinski definition) is 1. The number of aromatic nitrogens is 2. The van der Waals surface area contributed by atoms with Crippen LogP contribution in [0.1, 0.15) is 38.3 Å². The zero-order chi connectivity index (χ0) is 13.7. The van der Waals surface area contributed by atoms with Crippen molar-refractivity contribution < 1.29 is 4.21 Å². The lowest BCUT2D eigenvalue weighted by atomic mass is 9.95. The minimum absolute atomic E-state index is 0.294. The quantitative estimate of drug-likeness (QED) is 0.909. The van der Waals surface area contributed by atoms with Gasteiger partial charge in [0.2, 0.25) is 0 Å². The fourth-order valence-corrected chi connectivity index (χ4v) is 3.78. The number of hydrogen-bond acceptors (Lipinski definition) is 5. The van der Waals surface area contributed by atoms with Gasteiger partial charge in [0, 0.05) is 27.8 Å². The maximum Gasteiger partial charge on any atom is 0.163 e. The Morgan fingerprint density at radius 3 is 2.95 bits per heavy atom. The summed E-state index contributed by atoms with van der Waals surface area (Å²) in [6.07, 6.45) is 4.14. The van der Waals surface area contributed by atoms with Gasteiger partial charge >= 0.3 is 0 Å². The van der Waals surface area contributed by atoms with Crippen LogP contribution in [0.3, 0.4) is 0 Å². The normalized spacial score (nSPS) is 24.4. The lowest BCUT2D eigenvalue weighted by Crippen LogP contribution is -2.33. The first-order valence-corrected chi connectivity index (χ1v) is 7.98. The lowest BCUT2D eigenvalue weighted by molar-refractivity contribution is 0.464. The predicted molar refractivity (Wildman–Crippen MR) is 75.1 cm³/mol. The van der Waals surface area contributed by atoms with Crippen LogP contribution >= 0.6 is 0 Å². The molecule has 102 valence electrons. The molecule has 3 unspecified atom stereocenters. The number of nitriles is 1. The molecule has 1 aliphatic rings. The van der Waals surface area contributed by atoms with E-state index in [0.717, 1.165) is 31.4 Å². The van der Waals surface area contributed by atoms with Crippen molar-refractivity contribution in [3.63, 3.8) is 0 Å². The molecule has 1 aliphatic carbocycles. The van der Waals surface area contributed by atoms with Crippen molar-refractivity contribution in [3.8, 4) is 6.07 Å². The molecule has 1 fully saturated rings. The summed E-state index contributed by atoms with van der Waals surface area (Å²) >= 11 is 0. The largest absolute Gasteiger partial charge is 0.366 e. The molecule has 1 aromatic heterocycles. The van der Waals surface area contributed by atoms with Crippen LogP contribution in [0.2, 0.25) is 0 Å². The van der Waals surface area contributed by atoms with Crippen molar-refractivity contribution in [2.75, 3.05) is 11.1 Å². The second-order valence-electron chi connectivity index (χ2n) is 4.71. The summed E-state index contributed by atoms with van der Waals surface area (Å²) in [5, 5.41) is 20.1. The van der Waals surface area contributed by atoms with Gasteiger partial charge in [0.15, 0.2) is 5.69 Å². The third kappa shape index (κ3) is 3.74. The molecule has 1 aromatic rings. The van der Waals surface area contributed by atoms with E-state index in [1.54, 1.807) is 12.1 Å². The Morgan fingerprint density at radius 1 is 1.47 bits per heavy atom. The van der Waals surface area contributed by atoms with Gasteiger partial charge in [-0.25, -0.2) is 0 Å². The van der Waals surface area contributed by atoms with E-state index < -0.39 is 10.8 Å². The minimum atomic E-state index is -0.716. The smallest absolute Gasteiger partial charge is 0.163 e. The summed E-state index contributed by atoms with van der Waals surface area (Å²) in [5.74, 6) is 1.42. The third-order valence-electron chi connectivity index (χ3n) is 3.41. The van der Waals surface area contributed by atoms with Gasteiger partial charge in [-0.05, 0) is 31.4 Å². The predicted octanol–water partition coefficient (Wildman–Crippen LogP) is 1.84. The SMILES string of the molecule is CCS(=O)C1CCCC(Nc2ccc(C#N)nn2)C1. The first-order chi connectivity index (χ1) is 9.22. The van der Waals surface area contributed by atoms with Crippen molar-refractivity contribution in [2.24, 2.45) is 0 Å². The summed E-state index contributed by atoms with van der Waals surface area (Å²) in [6.45, 7) is 1.97. The van der Waals surface area contributed by atoms with Gasteiger partial charge < -0.3 is 5.32 Å². The van der Waals surface area contributed by atoms with Gasteiger partial charge in [-0.2, -0.15) is 5.26 Å². The summed E-state index contributed by atoms with van der Waals surface area (Å²) in [4.78, 5) is 0. The number of nitrogens with one attached hydrogen (secondary N) is 1. The monoisotopic (exact) mass is 278 g/mol. The van der Waals surface area contributed by atoms with Gasteiger partial charge in [0.25, 0.3) is 0 Å². The maximum absolute atomic E-state index is 11.9. The number of anilines is 1. The van der Waals surface area contributed by atoms with Gasteiger partial charge in [0.1, 0.15) is 11.9 Å². The molecule has 0 radical (unpaired) electrons. The van der Waals surface area contributed by atoms with Crippen molar-refractivity contribution in [2.45, 2.75) is 43.9 Å². The first kappa shape index (κ1) is 13.9. The molecule has 1 heterocycles. The Morgan fingerprint density at radius 2 is 2.32 bits per heavy atom. The molecular formula is C13H18N4OS. The Balaban J connectivity index is 1.94. The summed E-state index contributed by atoms with van der Waals surface area (Å²) in [7, 11) is -0.716. The Kier molecular flexibility index (Phi) is 4.86. The van der Waals surface area contributed by atoms with E-state index in [2.05, 4.69) is 15.5 Å². The van der Waals surface area contributed by atoms with E-state index in [9.17, 15) is 4.21 Å². The first-order valence-electron chi connectivity index (χ1n) is 6.60. The van der Waals surface area contributed by atoms with Crippen molar-refractivity contribution in [1.29, 1.82) is 5.26 Å². The molecule has 1 N–H and O–H groups in total. The fraction of sp³-hybridized carbons (Fsp3) is 0.615. The number of nitrogens with zero attached hydrogens (tertiary/aromatic N) is 3. The molecular weight excluding hydrogens is 260 g/mol. The average Bonchev–Trinajstić information content (AvgIpc) is 2.47. The van der Waals surface area contributed by atoms with Crippen LogP contribution in [0.25, 0.3) is 0 Å². The highest BCUT2D eigenvalue weighted by atomic mass is 32.2. The second kappa shape index (κ2) is 6.62. The second-order valence-corrected chi connectivity index (χ2v) is 6.72. The molecule has 0 aromatic carbocycles. The van der Waals surface area contributed by atoms with Crippen LogP contribution in [0.5, 0.6) is 0 Å². The van der Waals surface area contributed by atoms with Crippen molar-refractivity contribution in [1.82, 2.24) is 10.2 Å². The summed E-state index contributed by atoms with van der Waals surface area (Å²) in [6, 6.07) is 5.67. The molecule has 19 heavy (non-hydrogen) atoms. The molecule has 1 saturated carbocycles. The van der Waals surface area contributed by atoms with E-state index in [1.165, 1.54) is 0 Å². The third-order valence-corrected chi connectivity index (χ3v) is 5.15. The Labute approximate surface area is 115 Å². The van der Waals surface area contributed by atoms with Crippen molar-refractivity contribution >= 4 is 16.6 Å². The highest BCUT2D eigenvalue weighted by molar-refractivity contribution is 7.85. The van der Waals surface area contributed by atoms with E-state index in [-0.39, 0.29) is 0 Å². The standard InChI is InChI=1S/C13H18N4OS/c1-2-19(18)12-5-3-4-10(8-12)15-13-7-6-11(9-14)16-17-13/h6-7,10,12H,2-5,8H2,1H3,(H,15,17). The zero-order valence-corrected chi connectivity index (χ0v) is 11.8. The summed E-state index contributed by atoms with van der Waals surface area (Å²) in [5.41, 5.74) is 0.319. The highest BCUT2D eigenvalue weighted by Gasteiger charge is 2.25. The van der Waals surface area contributed by atoms with Gasteiger partial charge in [0.05, 0.1) is 0 Å². The molecule has 0 spiro atoms. The van der Waals surface area contributed by atoms with E-state index in [4.69, 9.17) is 5.26 Å². The molecule has 0 amide bonds. The van der Waals surface area contributed by atoms with Crippen LogP contribution in [-0.2, 0) is 10.8 Å².